The third kappa shape index (κ3) is 54.6. The summed E-state index contributed by atoms with van der Waals surface area (Å²) in [5.74, 6) is 2.34. The van der Waals surface area contributed by atoms with E-state index in [0.717, 1.165) is 70.6 Å². The Kier molecular flexibility index (Phi) is 62.1. The highest BCUT2D eigenvalue weighted by Crippen LogP contribution is 2.26. The molecule has 0 aliphatic carbocycles. The summed E-state index contributed by atoms with van der Waals surface area (Å²) in [6.07, 6.45) is 52.8. The van der Waals surface area contributed by atoms with E-state index in [0.29, 0.717) is 5.92 Å². The maximum absolute atomic E-state index is 11.6. The zero-order chi connectivity index (χ0) is 46.3. The second-order valence-electron chi connectivity index (χ2n) is 18.4. The Bertz CT molecular complexity index is 755. The Balaban J connectivity index is -0.00000169. The van der Waals surface area contributed by atoms with E-state index in [2.05, 4.69) is 32.6 Å². The molecule has 2 N–H and O–H groups in total. The largest absolute Gasteiger partial charge is 0.483 e. The van der Waals surface area contributed by atoms with Gasteiger partial charge in [-0.05, 0) is 31.1 Å². The van der Waals surface area contributed by atoms with Crippen LogP contribution in [0.25, 0.3) is 0 Å². The standard InChI is InChI=1S/C44H88O.C8H17NO2.2CH2O2/c1-5-9-25-33-42(34-26-10-6-2)37-29-21-17-13-15-19-23-31-39-44(41-45)40-32-24-20-16-14-18-22-30-38-43(35-27-11-7-3)36-28-12-8-4;1-10-6-2-3-9-4-7-11-8-5-9;2*2-1-3/h41-44H,5-40H2,1-4H3;2-8H2,1H3;2*1H,(H,2,3). The molecule has 8 nitrogen and oxygen atoms in total. The van der Waals surface area contributed by atoms with Crippen molar-refractivity contribution in [3.8, 4) is 0 Å². The lowest BCUT2D eigenvalue weighted by atomic mass is 9.90. The van der Waals surface area contributed by atoms with Crippen molar-refractivity contribution in [1.82, 2.24) is 4.90 Å². The van der Waals surface area contributed by atoms with E-state index in [-0.39, 0.29) is 12.9 Å². The highest BCUT2D eigenvalue weighted by atomic mass is 16.5. The molecule has 1 heterocycles. The molecule has 0 saturated carbocycles. The summed E-state index contributed by atoms with van der Waals surface area (Å²) in [7, 11) is 1.75. The van der Waals surface area contributed by atoms with Crippen LogP contribution in [0.3, 0.4) is 0 Å². The van der Waals surface area contributed by atoms with Crippen LogP contribution >= 0.6 is 0 Å². The van der Waals surface area contributed by atoms with Gasteiger partial charge in [-0.15, -0.1) is 0 Å². The molecule has 1 fully saturated rings. The van der Waals surface area contributed by atoms with Crippen molar-refractivity contribution in [2.75, 3.05) is 46.6 Å². The number of carbonyl (C=O) groups excluding carboxylic acids is 1. The third-order valence-corrected chi connectivity index (χ3v) is 12.9. The van der Waals surface area contributed by atoms with Crippen LogP contribution in [0.15, 0.2) is 0 Å². The molecule has 0 radical (unpaired) electrons. The Hall–Kier alpha value is -1.51. The van der Waals surface area contributed by atoms with Gasteiger partial charge in [0.1, 0.15) is 6.29 Å². The van der Waals surface area contributed by atoms with Gasteiger partial charge < -0.3 is 24.5 Å². The topological polar surface area (TPSA) is 113 Å². The fraction of sp³-hybridized carbons (Fsp3) is 0.944. The monoisotopic (exact) mass is 884 g/mol. The number of hydrogen-bond donors (Lipinski definition) is 2. The molecule has 1 aliphatic rings. The molecule has 0 aromatic heterocycles. The number of carboxylic acid groups (broad SMARTS) is 2. The van der Waals surface area contributed by atoms with Gasteiger partial charge in [0.2, 0.25) is 0 Å². The number of rotatable bonds is 43. The van der Waals surface area contributed by atoms with E-state index in [1.54, 1.807) is 7.11 Å². The van der Waals surface area contributed by atoms with E-state index >= 15 is 0 Å². The van der Waals surface area contributed by atoms with Crippen LogP contribution in [0.2, 0.25) is 0 Å². The number of methoxy groups -OCH3 is 1. The van der Waals surface area contributed by atoms with Gasteiger partial charge in [-0.1, -0.05) is 246 Å². The second kappa shape index (κ2) is 59.5. The van der Waals surface area contributed by atoms with Crippen molar-refractivity contribution < 1.29 is 34.1 Å². The Morgan fingerprint density at radius 1 is 0.452 bits per heavy atom. The molecule has 0 bridgehead atoms. The number of aldehydes is 1. The van der Waals surface area contributed by atoms with E-state index < -0.39 is 0 Å². The summed E-state index contributed by atoms with van der Waals surface area (Å²) in [4.78, 5) is 30.8. The first-order chi connectivity index (χ1) is 30.5. The molecular weight excluding hydrogens is 775 g/mol. The smallest absolute Gasteiger partial charge is 0.290 e. The first-order valence-electron chi connectivity index (χ1n) is 26.9. The van der Waals surface area contributed by atoms with Gasteiger partial charge in [-0.2, -0.15) is 0 Å². The van der Waals surface area contributed by atoms with Crippen LogP contribution in [0.1, 0.15) is 265 Å². The van der Waals surface area contributed by atoms with Crippen molar-refractivity contribution >= 4 is 19.2 Å². The zero-order valence-corrected chi connectivity index (χ0v) is 42.3. The number of carbonyl (C=O) groups is 3. The number of morpholine rings is 1. The van der Waals surface area contributed by atoms with Gasteiger partial charge in [0.05, 0.1) is 13.2 Å². The third-order valence-electron chi connectivity index (χ3n) is 12.9. The number of unbranched alkanes of at least 4 members (excludes halogenated alkanes) is 22. The lowest BCUT2D eigenvalue weighted by Crippen LogP contribution is -2.37. The van der Waals surface area contributed by atoms with E-state index in [1.165, 1.54) is 225 Å². The van der Waals surface area contributed by atoms with Crippen molar-refractivity contribution in [1.29, 1.82) is 0 Å². The second-order valence-corrected chi connectivity index (χ2v) is 18.4. The number of nitrogens with zero attached hydrogens (tertiary/aromatic N) is 1. The van der Waals surface area contributed by atoms with Crippen molar-refractivity contribution in [3.63, 3.8) is 0 Å². The molecule has 0 aromatic rings. The highest BCUT2D eigenvalue weighted by molar-refractivity contribution is 5.53. The predicted octanol–water partition coefficient (Wildman–Crippen LogP) is 15.9. The fourth-order valence-electron chi connectivity index (χ4n) is 8.94. The summed E-state index contributed by atoms with van der Waals surface area (Å²) in [5, 5.41) is 13.8. The minimum absolute atomic E-state index is 0.250. The molecule has 62 heavy (non-hydrogen) atoms. The van der Waals surface area contributed by atoms with Crippen LogP contribution in [-0.4, -0.2) is 80.9 Å². The van der Waals surface area contributed by atoms with E-state index in [4.69, 9.17) is 29.3 Å². The maximum Gasteiger partial charge on any atom is 0.290 e. The minimum Gasteiger partial charge on any atom is -0.483 e. The molecular formula is C54H109NO7. The van der Waals surface area contributed by atoms with Crippen molar-refractivity contribution in [2.45, 2.75) is 265 Å². The SMILES string of the molecule is CCCCCC(CCCCC)CCCCCCCCCCC(C=O)CCCCCCCCCCC(CCCCC)CCCCC.COCCCN1CCOCC1.O=CO.O=CO. The molecule has 0 atom stereocenters. The normalized spacial score (nSPS) is 12.6. The number of ether oxygens (including phenoxy) is 2. The first-order valence-corrected chi connectivity index (χ1v) is 26.9. The summed E-state index contributed by atoms with van der Waals surface area (Å²) >= 11 is 0. The minimum atomic E-state index is -0.250. The summed E-state index contributed by atoms with van der Waals surface area (Å²) in [5.41, 5.74) is 0. The van der Waals surface area contributed by atoms with Crippen LogP contribution in [0.4, 0.5) is 0 Å². The Morgan fingerprint density at radius 3 is 1.00 bits per heavy atom. The van der Waals surface area contributed by atoms with E-state index in [9.17, 15) is 4.79 Å². The summed E-state index contributed by atoms with van der Waals surface area (Å²) < 4.78 is 10.2. The fourth-order valence-corrected chi connectivity index (χ4v) is 8.94. The number of hydrogen-bond acceptors (Lipinski definition) is 6. The molecule has 372 valence electrons. The molecule has 0 spiro atoms. The van der Waals surface area contributed by atoms with Crippen LogP contribution < -0.4 is 0 Å². The summed E-state index contributed by atoms with van der Waals surface area (Å²) in [6.45, 7) is 14.8. The lowest BCUT2D eigenvalue weighted by molar-refractivity contribution is -0.123. The van der Waals surface area contributed by atoms with Gasteiger partial charge in [-0.3, -0.25) is 14.5 Å². The molecule has 1 rings (SSSR count). The van der Waals surface area contributed by atoms with Gasteiger partial charge >= 0.3 is 0 Å². The molecule has 8 heteroatoms. The van der Waals surface area contributed by atoms with Gasteiger partial charge in [0, 0.05) is 39.3 Å². The van der Waals surface area contributed by atoms with Crippen LogP contribution in [0, 0.1) is 17.8 Å². The van der Waals surface area contributed by atoms with Crippen molar-refractivity contribution in [2.24, 2.45) is 17.8 Å². The quantitative estimate of drug-likeness (QED) is 0.0460. The van der Waals surface area contributed by atoms with Gasteiger partial charge in [-0.25, -0.2) is 0 Å². The summed E-state index contributed by atoms with van der Waals surface area (Å²) in [6, 6.07) is 0. The Labute approximate surface area is 386 Å². The van der Waals surface area contributed by atoms with E-state index in [1.807, 2.05) is 0 Å². The molecule has 0 aromatic carbocycles. The average Bonchev–Trinajstić information content (AvgIpc) is 3.28. The molecule has 1 aliphatic heterocycles. The van der Waals surface area contributed by atoms with Gasteiger partial charge in [0.15, 0.2) is 0 Å². The lowest BCUT2D eigenvalue weighted by Gasteiger charge is -2.26. The van der Waals surface area contributed by atoms with Crippen LogP contribution in [0.5, 0.6) is 0 Å². The molecule has 0 amide bonds. The first kappa shape index (κ1) is 64.8. The van der Waals surface area contributed by atoms with Gasteiger partial charge in [0.25, 0.3) is 12.9 Å². The average molecular weight is 884 g/mol. The van der Waals surface area contributed by atoms with Crippen molar-refractivity contribution in [3.05, 3.63) is 0 Å². The molecule has 0 unspecified atom stereocenters. The predicted molar refractivity (Wildman–Crippen MR) is 267 cm³/mol. The molecule has 1 saturated heterocycles. The maximum atomic E-state index is 11.6. The highest BCUT2D eigenvalue weighted by Gasteiger charge is 2.11. The Morgan fingerprint density at radius 2 is 0.726 bits per heavy atom. The van der Waals surface area contributed by atoms with Crippen LogP contribution in [-0.2, 0) is 23.9 Å². The zero-order valence-electron chi connectivity index (χ0n) is 42.3.